The Morgan fingerprint density at radius 1 is 1.44 bits per heavy atom. The van der Waals surface area contributed by atoms with E-state index in [1.165, 1.54) is 0 Å². The second-order valence-corrected chi connectivity index (χ2v) is 4.11. The Kier molecular flexibility index (Phi) is 3.21. The predicted octanol–water partition coefficient (Wildman–Crippen LogP) is -0.390. The van der Waals surface area contributed by atoms with Crippen LogP contribution in [0.25, 0.3) is 0 Å². The molecule has 0 spiro atoms. The Labute approximate surface area is 94.6 Å². The first kappa shape index (κ1) is 11.1. The summed E-state index contributed by atoms with van der Waals surface area (Å²) >= 11 is 0. The predicted molar refractivity (Wildman–Crippen MR) is 59.9 cm³/mol. The van der Waals surface area contributed by atoms with Gasteiger partial charge in [-0.05, 0) is 14.0 Å². The average molecular weight is 223 g/mol. The molecule has 1 aromatic rings. The highest BCUT2D eigenvalue weighted by molar-refractivity contribution is 5.91. The lowest BCUT2D eigenvalue weighted by atomic mass is 10.4. The number of aromatic amines is 1. The number of carbonyl (C=O) groups is 1. The monoisotopic (exact) mass is 223 g/mol. The molecule has 2 N–H and O–H groups in total. The third-order valence-electron chi connectivity index (χ3n) is 2.71. The molecular weight excluding hydrogens is 206 g/mol. The average Bonchev–Trinajstić information content (AvgIpc) is 2.68. The number of amides is 1. The van der Waals surface area contributed by atoms with E-state index in [-0.39, 0.29) is 5.91 Å². The molecule has 0 saturated carbocycles. The molecule has 6 nitrogen and oxygen atoms in total. The number of carbonyl (C=O) groups excluding carboxylic acids is 1. The number of nitrogens with one attached hydrogen (secondary N) is 2. The van der Waals surface area contributed by atoms with Crippen molar-refractivity contribution in [1.29, 1.82) is 0 Å². The van der Waals surface area contributed by atoms with Crippen molar-refractivity contribution in [1.82, 2.24) is 25.3 Å². The largest absolute Gasteiger partial charge is 0.338 e. The standard InChI is InChI=1S/C10H17N5O/c1-8-11-7-9(12-8)10(16)13-15-5-3-14(2)4-6-15/h7H,3-6H2,1-2H3,(H,11,12)(H,13,16). The van der Waals surface area contributed by atoms with E-state index in [2.05, 4.69) is 27.3 Å². The van der Waals surface area contributed by atoms with Gasteiger partial charge in [-0.2, -0.15) is 0 Å². The van der Waals surface area contributed by atoms with Crippen molar-refractivity contribution in [3.8, 4) is 0 Å². The third-order valence-corrected chi connectivity index (χ3v) is 2.71. The van der Waals surface area contributed by atoms with E-state index in [1.54, 1.807) is 6.20 Å². The molecule has 0 radical (unpaired) electrons. The highest BCUT2D eigenvalue weighted by atomic mass is 16.2. The first-order valence-electron chi connectivity index (χ1n) is 5.41. The van der Waals surface area contributed by atoms with Crippen LogP contribution in [0.3, 0.4) is 0 Å². The minimum absolute atomic E-state index is 0.120. The van der Waals surface area contributed by atoms with Gasteiger partial charge >= 0.3 is 0 Å². The van der Waals surface area contributed by atoms with Gasteiger partial charge in [-0.15, -0.1) is 0 Å². The Bertz CT molecular complexity index is 367. The van der Waals surface area contributed by atoms with Crippen LogP contribution in [0.1, 0.15) is 16.3 Å². The van der Waals surface area contributed by atoms with Gasteiger partial charge < -0.3 is 9.88 Å². The van der Waals surface area contributed by atoms with E-state index >= 15 is 0 Å². The zero-order valence-corrected chi connectivity index (χ0v) is 9.66. The van der Waals surface area contributed by atoms with Crippen LogP contribution in [0.5, 0.6) is 0 Å². The van der Waals surface area contributed by atoms with Crippen LogP contribution < -0.4 is 5.43 Å². The van der Waals surface area contributed by atoms with Crippen LogP contribution >= 0.6 is 0 Å². The molecule has 1 saturated heterocycles. The van der Waals surface area contributed by atoms with Gasteiger partial charge in [0.1, 0.15) is 11.5 Å². The maximum atomic E-state index is 11.8. The molecule has 1 amide bonds. The molecular formula is C10H17N5O. The maximum absolute atomic E-state index is 11.8. The van der Waals surface area contributed by atoms with Crippen LogP contribution in [0, 0.1) is 6.92 Å². The van der Waals surface area contributed by atoms with Crippen LogP contribution in [-0.4, -0.2) is 59.0 Å². The summed E-state index contributed by atoms with van der Waals surface area (Å²) in [6.45, 7) is 5.49. The smallest absolute Gasteiger partial charge is 0.283 e. The van der Waals surface area contributed by atoms with E-state index in [0.717, 1.165) is 32.0 Å². The molecule has 6 heteroatoms. The van der Waals surface area contributed by atoms with Crippen molar-refractivity contribution in [2.24, 2.45) is 0 Å². The summed E-state index contributed by atoms with van der Waals surface area (Å²) in [5.74, 6) is 0.633. The molecule has 0 unspecified atom stereocenters. The summed E-state index contributed by atoms with van der Waals surface area (Å²) in [4.78, 5) is 20.9. The van der Waals surface area contributed by atoms with E-state index in [1.807, 2.05) is 11.9 Å². The number of hydrogen-bond acceptors (Lipinski definition) is 4. The van der Waals surface area contributed by atoms with Crippen molar-refractivity contribution in [3.63, 3.8) is 0 Å². The van der Waals surface area contributed by atoms with E-state index in [9.17, 15) is 4.79 Å². The zero-order valence-electron chi connectivity index (χ0n) is 9.66. The Balaban J connectivity index is 1.88. The first-order valence-corrected chi connectivity index (χ1v) is 5.41. The summed E-state index contributed by atoms with van der Waals surface area (Å²) in [5.41, 5.74) is 3.38. The van der Waals surface area contributed by atoms with Crippen LogP contribution in [0.15, 0.2) is 6.20 Å². The number of hydrogen-bond donors (Lipinski definition) is 2. The van der Waals surface area contributed by atoms with Gasteiger partial charge in [-0.1, -0.05) is 0 Å². The first-order chi connectivity index (χ1) is 7.65. The molecule has 2 heterocycles. The van der Waals surface area contributed by atoms with Gasteiger partial charge in [0.2, 0.25) is 0 Å². The normalized spacial score (nSPS) is 18.6. The van der Waals surface area contributed by atoms with Crippen molar-refractivity contribution in [3.05, 3.63) is 17.7 Å². The minimum Gasteiger partial charge on any atom is -0.338 e. The van der Waals surface area contributed by atoms with Crippen molar-refractivity contribution >= 4 is 5.91 Å². The number of piperazine rings is 1. The number of nitrogens with zero attached hydrogens (tertiary/aromatic N) is 3. The molecule has 2 rings (SSSR count). The number of imidazole rings is 1. The summed E-state index contributed by atoms with van der Waals surface area (Å²) in [5, 5.41) is 1.94. The Morgan fingerprint density at radius 2 is 2.12 bits per heavy atom. The summed E-state index contributed by atoms with van der Waals surface area (Å²) in [7, 11) is 2.08. The second-order valence-electron chi connectivity index (χ2n) is 4.11. The number of likely N-dealkylation sites (N-methyl/N-ethyl adjacent to an activating group) is 1. The fourth-order valence-electron chi connectivity index (χ4n) is 1.66. The number of H-pyrrole nitrogens is 1. The van der Waals surface area contributed by atoms with Gasteiger partial charge in [0.25, 0.3) is 5.91 Å². The maximum Gasteiger partial charge on any atom is 0.283 e. The Morgan fingerprint density at radius 3 is 2.69 bits per heavy atom. The number of hydrazine groups is 1. The van der Waals surface area contributed by atoms with Crippen LogP contribution in [0.4, 0.5) is 0 Å². The summed E-state index contributed by atoms with van der Waals surface area (Å²) < 4.78 is 0. The molecule has 1 aromatic heterocycles. The topological polar surface area (TPSA) is 64.3 Å². The highest BCUT2D eigenvalue weighted by Crippen LogP contribution is 1.99. The number of aryl methyl sites for hydroxylation is 1. The van der Waals surface area contributed by atoms with Gasteiger partial charge in [0.05, 0.1) is 6.20 Å². The van der Waals surface area contributed by atoms with Gasteiger partial charge in [0.15, 0.2) is 0 Å². The van der Waals surface area contributed by atoms with Crippen molar-refractivity contribution in [2.75, 3.05) is 33.2 Å². The van der Waals surface area contributed by atoms with E-state index < -0.39 is 0 Å². The van der Waals surface area contributed by atoms with Gasteiger partial charge in [0, 0.05) is 26.2 Å². The second kappa shape index (κ2) is 4.63. The quantitative estimate of drug-likeness (QED) is 0.717. The third kappa shape index (κ3) is 2.59. The summed E-state index contributed by atoms with van der Waals surface area (Å²) in [6, 6.07) is 0. The molecule has 1 fully saturated rings. The molecule has 0 aromatic carbocycles. The zero-order chi connectivity index (χ0) is 11.5. The minimum atomic E-state index is -0.120. The lowest BCUT2D eigenvalue weighted by Gasteiger charge is -2.32. The highest BCUT2D eigenvalue weighted by Gasteiger charge is 2.17. The SMILES string of the molecule is Cc1ncc(C(=O)NN2CCN(C)CC2)[nH]1. The number of aromatic nitrogens is 2. The Hall–Kier alpha value is -1.40. The fraction of sp³-hybridized carbons (Fsp3) is 0.600. The molecule has 1 aliphatic heterocycles. The molecule has 16 heavy (non-hydrogen) atoms. The number of rotatable bonds is 2. The molecule has 0 atom stereocenters. The van der Waals surface area contributed by atoms with E-state index in [0.29, 0.717) is 5.69 Å². The lowest BCUT2D eigenvalue weighted by Crippen LogP contribution is -2.52. The van der Waals surface area contributed by atoms with Crippen LogP contribution in [0.2, 0.25) is 0 Å². The molecule has 0 bridgehead atoms. The van der Waals surface area contributed by atoms with Gasteiger partial charge in [-0.3, -0.25) is 10.2 Å². The van der Waals surface area contributed by atoms with Gasteiger partial charge in [-0.25, -0.2) is 9.99 Å². The molecule has 88 valence electrons. The van der Waals surface area contributed by atoms with Crippen molar-refractivity contribution < 1.29 is 4.79 Å². The fourth-order valence-corrected chi connectivity index (χ4v) is 1.66. The lowest BCUT2D eigenvalue weighted by molar-refractivity contribution is 0.0658. The van der Waals surface area contributed by atoms with Crippen molar-refractivity contribution in [2.45, 2.75) is 6.92 Å². The summed E-state index contributed by atoms with van der Waals surface area (Å²) in [6.07, 6.45) is 1.56. The molecule has 0 aliphatic carbocycles. The van der Waals surface area contributed by atoms with E-state index in [4.69, 9.17) is 0 Å². The van der Waals surface area contributed by atoms with Crippen LogP contribution in [-0.2, 0) is 0 Å². The molecule has 1 aliphatic rings.